The zero-order chi connectivity index (χ0) is 13.9. The molecule has 2 unspecified atom stereocenters. The molecular formula is C11H22N2O4S. The van der Waals surface area contributed by atoms with Crippen LogP contribution in [0.3, 0.4) is 0 Å². The summed E-state index contributed by atoms with van der Waals surface area (Å²) >= 11 is 0. The number of sulfonamides is 1. The Morgan fingerprint density at radius 3 is 2.67 bits per heavy atom. The largest absolute Gasteiger partial charge is 0.480 e. The Balaban J connectivity index is 2.55. The van der Waals surface area contributed by atoms with Gasteiger partial charge in [-0.1, -0.05) is 0 Å². The molecule has 1 aliphatic rings. The fourth-order valence-corrected chi connectivity index (χ4v) is 3.17. The van der Waals surface area contributed by atoms with E-state index in [0.29, 0.717) is 19.6 Å². The molecule has 1 rings (SSSR count). The van der Waals surface area contributed by atoms with Crippen LogP contribution in [0.1, 0.15) is 19.8 Å². The Morgan fingerprint density at radius 2 is 2.17 bits per heavy atom. The molecular weight excluding hydrogens is 256 g/mol. The molecule has 0 aliphatic carbocycles. The van der Waals surface area contributed by atoms with E-state index in [9.17, 15) is 13.2 Å². The van der Waals surface area contributed by atoms with Gasteiger partial charge in [-0.25, -0.2) is 12.7 Å². The predicted octanol–water partition coefficient (Wildman–Crippen LogP) is 0.0629. The number of hydrogen-bond acceptors (Lipinski definition) is 4. The van der Waals surface area contributed by atoms with Crippen molar-refractivity contribution in [1.82, 2.24) is 9.21 Å². The summed E-state index contributed by atoms with van der Waals surface area (Å²) in [6.07, 6.45) is 3.01. The highest BCUT2D eigenvalue weighted by molar-refractivity contribution is 7.88. The van der Waals surface area contributed by atoms with Gasteiger partial charge in [0, 0.05) is 19.6 Å². The maximum absolute atomic E-state index is 11.5. The quantitative estimate of drug-likeness (QED) is 0.769. The second-order valence-corrected chi connectivity index (χ2v) is 7.07. The number of piperidine rings is 1. The highest BCUT2D eigenvalue weighted by Crippen LogP contribution is 2.19. The second-order valence-electron chi connectivity index (χ2n) is 5.08. The van der Waals surface area contributed by atoms with Gasteiger partial charge >= 0.3 is 5.97 Å². The summed E-state index contributed by atoms with van der Waals surface area (Å²) in [5.74, 6) is -0.645. The Bertz CT molecular complexity index is 396. The number of carboxylic acid groups (broad SMARTS) is 1. The molecule has 0 spiro atoms. The first-order valence-corrected chi connectivity index (χ1v) is 7.95. The van der Waals surface area contributed by atoms with Crippen LogP contribution >= 0.6 is 0 Å². The number of likely N-dealkylation sites (N-methyl/N-ethyl adjacent to an activating group) is 1. The molecule has 18 heavy (non-hydrogen) atoms. The predicted molar refractivity (Wildman–Crippen MR) is 68.9 cm³/mol. The first-order valence-electron chi connectivity index (χ1n) is 6.10. The van der Waals surface area contributed by atoms with Crippen LogP contribution in [0.5, 0.6) is 0 Å². The van der Waals surface area contributed by atoms with Crippen LogP contribution in [0.2, 0.25) is 0 Å². The third kappa shape index (κ3) is 4.22. The molecule has 7 heteroatoms. The zero-order valence-corrected chi connectivity index (χ0v) is 12.0. The number of nitrogens with zero attached hydrogens (tertiary/aromatic N) is 2. The number of carboxylic acids is 1. The highest BCUT2D eigenvalue weighted by atomic mass is 32.2. The summed E-state index contributed by atoms with van der Waals surface area (Å²) in [6.45, 7) is 3.32. The van der Waals surface area contributed by atoms with Crippen LogP contribution in [-0.2, 0) is 14.8 Å². The highest BCUT2D eigenvalue weighted by Gasteiger charge is 2.28. The average Bonchev–Trinajstić information content (AvgIpc) is 2.27. The first-order chi connectivity index (χ1) is 8.21. The number of aliphatic carboxylic acids is 1. The number of hydrogen-bond donors (Lipinski definition) is 1. The van der Waals surface area contributed by atoms with Gasteiger partial charge in [0.1, 0.15) is 6.04 Å². The van der Waals surface area contributed by atoms with Gasteiger partial charge in [-0.2, -0.15) is 0 Å². The van der Waals surface area contributed by atoms with Crippen LogP contribution in [-0.4, -0.2) is 67.7 Å². The summed E-state index contributed by atoms with van der Waals surface area (Å²) in [6, 6.07) is -0.543. The molecule has 0 amide bonds. The van der Waals surface area contributed by atoms with Gasteiger partial charge in [-0.15, -0.1) is 0 Å². The smallest absolute Gasteiger partial charge is 0.320 e. The minimum absolute atomic E-state index is 0.209. The Labute approximate surface area is 109 Å². The zero-order valence-electron chi connectivity index (χ0n) is 11.2. The Hall–Kier alpha value is -0.660. The maximum atomic E-state index is 11.5. The molecule has 1 N–H and O–H groups in total. The number of carbonyl (C=O) groups is 1. The summed E-state index contributed by atoms with van der Waals surface area (Å²) in [5, 5.41) is 8.92. The molecule has 0 aromatic carbocycles. The lowest BCUT2D eigenvalue weighted by molar-refractivity contribution is -0.142. The molecule has 1 aliphatic heterocycles. The van der Waals surface area contributed by atoms with E-state index >= 15 is 0 Å². The van der Waals surface area contributed by atoms with Crippen molar-refractivity contribution in [3.8, 4) is 0 Å². The monoisotopic (exact) mass is 278 g/mol. The van der Waals surface area contributed by atoms with Gasteiger partial charge in [-0.05, 0) is 32.7 Å². The molecule has 0 aromatic heterocycles. The maximum Gasteiger partial charge on any atom is 0.320 e. The summed E-state index contributed by atoms with van der Waals surface area (Å²) < 4.78 is 24.4. The van der Waals surface area contributed by atoms with E-state index in [2.05, 4.69) is 0 Å². The number of rotatable bonds is 5. The molecule has 1 fully saturated rings. The molecule has 1 heterocycles. The van der Waals surface area contributed by atoms with E-state index in [1.165, 1.54) is 10.6 Å². The van der Waals surface area contributed by atoms with Gasteiger partial charge in [0.05, 0.1) is 6.26 Å². The lowest BCUT2D eigenvalue weighted by atomic mass is 9.99. The van der Waals surface area contributed by atoms with E-state index < -0.39 is 22.0 Å². The van der Waals surface area contributed by atoms with Crippen molar-refractivity contribution in [2.45, 2.75) is 25.8 Å². The molecule has 0 saturated carbocycles. The van der Waals surface area contributed by atoms with Crippen molar-refractivity contribution in [2.75, 3.05) is 32.9 Å². The van der Waals surface area contributed by atoms with Crippen LogP contribution in [0.15, 0.2) is 0 Å². The van der Waals surface area contributed by atoms with E-state index in [4.69, 9.17) is 5.11 Å². The molecule has 1 saturated heterocycles. The van der Waals surface area contributed by atoms with E-state index in [-0.39, 0.29) is 5.92 Å². The minimum atomic E-state index is -3.13. The van der Waals surface area contributed by atoms with Crippen molar-refractivity contribution < 1.29 is 18.3 Å². The molecule has 0 radical (unpaired) electrons. The van der Waals surface area contributed by atoms with Gasteiger partial charge < -0.3 is 5.11 Å². The van der Waals surface area contributed by atoms with Crippen molar-refractivity contribution in [2.24, 2.45) is 5.92 Å². The van der Waals surface area contributed by atoms with Crippen LogP contribution < -0.4 is 0 Å². The first kappa shape index (κ1) is 15.4. The summed E-state index contributed by atoms with van der Waals surface area (Å²) in [7, 11) is -1.37. The van der Waals surface area contributed by atoms with Gasteiger partial charge in [0.15, 0.2) is 0 Å². The average molecular weight is 278 g/mol. The SMILES string of the molecule is CC(C(=O)O)N(C)CC1CCCN(S(C)(=O)=O)C1. The van der Waals surface area contributed by atoms with Crippen molar-refractivity contribution in [3.63, 3.8) is 0 Å². The Morgan fingerprint density at radius 1 is 1.56 bits per heavy atom. The summed E-state index contributed by atoms with van der Waals surface area (Å²) in [5.41, 5.74) is 0. The normalized spacial score (nSPS) is 24.1. The molecule has 0 aromatic rings. The topological polar surface area (TPSA) is 77.9 Å². The lowest BCUT2D eigenvalue weighted by Gasteiger charge is -2.34. The minimum Gasteiger partial charge on any atom is -0.480 e. The van der Waals surface area contributed by atoms with Crippen LogP contribution in [0.4, 0.5) is 0 Å². The van der Waals surface area contributed by atoms with Crippen LogP contribution in [0.25, 0.3) is 0 Å². The van der Waals surface area contributed by atoms with Gasteiger partial charge in [0.2, 0.25) is 10.0 Å². The molecule has 6 nitrogen and oxygen atoms in total. The van der Waals surface area contributed by atoms with Crippen molar-refractivity contribution in [3.05, 3.63) is 0 Å². The lowest BCUT2D eigenvalue weighted by Crippen LogP contribution is -2.45. The molecule has 106 valence electrons. The van der Waals surface area contributed by atoms with Crippen molar-refractivity contribution >= 4 is 16.0 Å². The van der Waals surface area contributed by atoms with Gasteiger partial charge in [-0.3, -0.25) is 9.69 Å². The second kappa shape index (κ2) is 5.99. The van der Waals surface area contributed by atoms with E-state index in [1.807, 2.05) is 0 Å². The molecule has 2 atom stereocenters. The molecule has 0 bridgehead atoms. The summed E-state index contributed by atoms with van der Waals surface area (Å²) in [4.78, 5) is 12.6. The third-order valence-electron chi connectivity index (χ3n) is 3.52. The van der Waals surface area contributed by atoms with Gasteiger partial charge in [0.25, 0.3) is 0 Å². The third-order valence-corrected chi connectivity index (χ3v) is 4.79. The van der Waals surface area contributed by atoms with Crippen LogP contribution in [0, 0.1) is 5.92 Å². The standard InChI is InChI=1S/C11H22N2O4S/c1-9(11(14)15)12(2)7-10-5-4-6-13(8-10)18(3,16)17/h9-10H,4-8H2,1-3H3,(H,14,15). The fourth-order valence-electron chi connectivity index (χ4n) is 2.23. The Kier molecular flexibility index (Phi) is 5.12. The fraction of sp³-hybridized carbons (Fsp3) is 0.909. The van der Waals surface area contributed by atoms with E-state index in [1.54, 1.807) is 18.9 Å². The van der Waals surface area contributed by atoms with Crippen molar-refractivity contribution in [1.29, 1.82) is 0 Å². The van der Waals surface area contributed by atoms with E-state index in [0.717, 1.165) is 12.8 Å².